The predicted molar refractivity (Wildman–Crippen MR) is 101 cm³/mol. The fourth-order valence-electron chi connectivity index (χ4n) is 2.94. The largest absolute Gasteiger partial charge is 0.494 e. The van der Waals surface area contributed by atoms with Gasteiger partial charge in [0, 0.05) is 19.2 Å². The average molecular weight is 338 g/mol. The Morgan fingerprint density at radius 3 is 2.76 bits per heavy atom. The lowest BCUT2D eigenvalue weighted by molar-refractivity contribution is 0.309. The summed E-state index contributed by atoms with van der Waals surface area (Å²) < 4.78 is 8.03. The normalized spacial score (nSPS) is 11.1. The molecule has 0 radical (unpaired) electrons. The molecule has 0 unspecified atom stereocenters. The van der Waals surface area contributed by atoms with E-state index in [1.54, 1.807) is 0 Å². The summed E-state index contributed by atoms with van der Waals surface area (Å²) in [5.74, 6) is 2.00. The molecule has 0 aliphatic rings. The topological polar surface area (TPSA) is 66.0 Å². The molecule has 0 aliphatic heterocycles. The fourth-order valence-corrected chi connectivity index (χ4v) is 2.94. The van der Waals surface area contributed by atoms with Crippen LogP contribution in [0.4, 0.5) is 0 Å². The second-order valence-electron chi connectivity index (χ2n) is 6.30. The summed E-state index contributed by atoms with van der Waals surface area (Å²) in [6.07, 6.45) is 5.78. The lowest BCUT2D eigenvalue weighted by Crippen LogP contribution is -2.09. The van der Waals surface area contributed by atoms with Gasteiger partial charge in [0.1, 0.15) is 17.1 Å². The monoisotopic (exact) mass is 338 g/mol. The highest BCUT2D eigenvalue weighted by atomic mass is 16.5. The lowest BCUT2D eigenvalue weighted by Gasteiger charge is -2.09. The smallest absolute Gasteiger partial charge is 0.160 e. The number of nitrogens with zero attached hydrogens (tertiary/aromatic N) is 3. The number of benzene rings is 1. The van der Waals surface area contributed by atoms with E-state index < -0.39 is 0 Å². The van der Waals surface area contributed by atoms with Gasteiger partial charge in [0.15, 0.2) is 5.65 Å². The summed E-state index contributed by atoms with van der Waals surface area (Å²) >= 11 is 0. The van der Waals surface area contributed by atoms with Crippen LogP contribution in [0.5, 0.6) is 5.75 Å². The first-order chi connectivity index (χ1) is 12.3. The number of imidazole rings is 1. The lowest BCUT2D eigenvalue weighted by atomic mass is 10.2. The molecule has 0 fully saturated rings. The van der Waals surface area contributed by atoms with Crippen LogP contribution >= 0.6 is 0 Å². The zero-order valence-corrected chi connectivity index (χ0v) is 14.8. The molecule has 25 heavy (non-hydrogen) atoms. The molecule has 0 aliphatic carbocycles. The molecule has 5 heteroatoms. The zero-order valence-electron chi connectivity index (χ0n) is 14.8. The SMILES string of the molecule is Cc1cnc2c(c1)nc(CCCOc1ccccc1)n2CCCCN. The standard InChI is InChI=1S/C20H26N4O/c1-16-14-18-20(22-15-16)24(12-6-5-11-21)19(23-18)10-7-13-25-17-8-3-2-4-9-17/h2-4,8-9,14-15H,5-7,10-13,21H2,1H3. The molecule has 5 nitrogen and oxygen atoms in total. The summed E-state index contributed by atoms with van der Waals surface area (Å²) in [6.45, 7) is 4.37. The van der Waals surface area contributed by atoms with Crippen molar-refractivity contribution >= 4 is 11.2 Å². The van der Waals surface area contributed by atoms with E-state index in [-0.39, 0.29) is 0 Å². The number of hydrogen-bond donors (Lipinski definition) is 1. The van der Waals surface area contributed by atoms with Crippen molar-refractivity contribution in [3.05, 3.63) is 54.0 Å². The van der Waals surface area contributed by atoms with Crippen LogP contribution in [0.25, 0.3) is 11.2 Å². The second-order valence-corrected chi connectivity index (χ2v) is 6.30. The van der Waals surface area contributed by atoms with Gasteiger partial charge in [-0.05, 0) is 56.5 Å². The Balaban J connectivity index is 1.67. The van der Waals surface area contributed by atoms with Crippen molar-refractivity contribution in [2.24, 2.45) is 5.73 Å². The maximum absolute atomic E-state index is 5.79. The zero-order chi connectivity index (χ0) is 17.5. The molecule has 0 saturated heterocycles. The number of nitrogens with two attached hydrogens (primary N) is 1. The predicted octanol–water partition coefficient (Wildman–Crippen LogP) is 3.49. The molecule has 2 aromatic heterocycles. The van der Waals surface area contributed by atoms with Gasteiger partial charge in [-0.15, -0.1) is 0 Å². The Labute approximate surface area is 148 Å². The number of unbranched alkanes of at least 4 members (excludes halogenated alkanes) is 1. The van der Waals surface area contributed by atoms with Crippen LogP contribution in [0.15, 0.2) is 42.6 Å². The van der Waals surface area contributed by atoms with E-state index >= 15 is 0 Å². The number of pyridine rings is 1. The van der Waals surface area contributed by atoms with Crippen molar-refractivity contribution in [1.29, 1.82) is 0 Å². The molecule has 132 valence electrons. The molecule has 2 N–H and O–H groups in total. The van der Waals surface area contributed by atoms with Crippen LogP contribution in [-0.2, 0) is 13.0 Å². The van der Waals surface area contributed by atoms with Gasteiger partial charge in [-0.25, -0.2) is 9.97 Å². The summed E-state index contributed by atoms with van der Waals surface area (Å²) in [7, 11) is 0. The van der Waals surface area contributed by atoms with E-state index in [1.807, 2.05) is 43.5 Å². The van der Waals surface area contributed by atoms with Gasteiger partial charge in [0.25, 0.3) is 0 Å². The Bertz CT molecular complexity index is 798. The van der Waals surface area contributed by atoms with E-state index in [0.717, 1.165) is 67.1 Å². The van der Waals surface area contributed by atoms with Crippen LogP contribution < -0.4 is 10.5 Å². The molecule has 2 heterocycles. The molecule has 0 atom stereocenters. The minimum atomic E-state index is 0.683. The van der Waals surface area contributed by atoms with E-state index in [2.05, 4.69) is 15.6 Å². The van der Waals surface area contributed by atoms with Crippen molar-refractivity contribution in [3.63, 3.8) is 0 Å². The van der Waals surface area contributed by atoms with E-state index in [4.69, 9.17) is 15.5 Å². The number of rotatable bonds is 9. The van der Waals surface area contributed by atoms with Crippen LogP contribution in [0.3, 0.4) is 0 Å². The van der Waals surface area contributed by atoms with Gasteiger partial charge in [-0.3, -0.25) is 0 Å². The Kier molecular flexibility index (Phi) is 6.01. The average Bonchev–Trinajstić information content (AvgIpc) is 2.96. The number of fused-ring (bicyclic) bond motifs is 1. The minimum Gasteiger partial charge on any atom is -0.494 e. The summed E-state index contributed by atoms with van der Waals surface area (Å²) in [5.41, 5.74) is 8.72. The molecule has 0 spiro atoms. The van der Waals surface area contributed by atoms with E-state index in [1.165, 1.54) is 0 Å². The van der Waals surface area contributed by atoms with Crippen molar-refractivity contribution < 1.29 is 4.74 Å². The number of hydrogen-bond acceptors (Lipinski definition) is 4. The quantitative estimate of drug-likeness (QED) is 0.607. The van der Waals surface area contributed by atoms with Crippen LogP contribution in [-0.4, -0.2) is 27.7 Å². The highest BCUT2D eigenvalue weighted by molar-refractivity contribution is 5.72. The van der Waals surface area contributed by atoms with E-state index in [0.29, 0.717) is 6.61 Å². The van der Waals surface area contributed by atoms with Crippen LogP contribution in [0.1, 0.15) is 30.7 Å². The third-order valence-corrected chi connectivity index (χ3v) is 4.19. The van der Waals surface area contributed by atoms with Crippen molar-refractivity contribution in [1.82, 2.24) is 14.5 Å². The maximum Gasteiger partial charge on any atom is 0.160 e. The van der Waals surface area contributed by atoms with Crippen molar-refractivity contribution in [3.8, 4) is 5.75 Å². The molecular formula is C20H26N4O. The summed E-state index contributed by atoms with van der Waals surface area (Å²) in [4.78, 5) is 9.40. The molecular weight excluding hydrogens is 312 g/mol. The Morgan fingerprint density at radius 2 is 1.96 bits per heavy atom. The highest BCUT2D eigenvalue weighted by Crippen LogP contribution is 2.18. The van der Waals surface area contributed by atoms with Crippen LogP contribution in [0, 0.1) is 6.92 Å². The molecule has 3 aromatic rings. The van der Waals surface area contributed by atoms with Crippen molar-refractivity contribution in [2.75, 3.05) is 13.2 Å². The fraction of sp³-hybridized carbons (Fsp3) is 0.400. The van der Waals surface area contributed by atoms with Gasteiger partial charge in [0.2, 0.25) is 0 Å². The second kappa shape index (κ2) is 8.62. The van der Waals surface area contributed by atoms with Crippen LogP contribution in [0.2, 0.25) is 0 Å². The highest BCUT2D eigenvalue weighted by Gasteiger charge is 2.11. The first-order valence-corrected chi connectivity index (χ1v) is 8.97. The van der Waals surface area contributed by atoms with Gasteiger partial charge in [0.05, 0.1) is 6.61 Å². The minimum absolute atomic E-state index is 0.683. The first kappa shape index (κ1) is 17.4. The third kappa shape index (κ3) is 4.57. The maximum atomic E-state index is 5.79. The summed E-state index contributed by atoms with van der Waals surface area (Å²) in [6, 6.07) is 12.0. The number of para-hydroxylation sites is 1. The van der Waals surface area contributed by atoms with Gasteiger partial charge in [-0.2, -0.15) is 0 Å². The third-order valence-electron chi connectivity index (χ3n) is 4.19. The summed E-state index contributed by atoms with van der Waals surface area (Å²) in [5, 5.41) is 0. The number of ether oxygens (including phenoxy) is 1. The van der Waals surface area contributed by atoms with E-state index in [9.17, 15) is 0 Å². The Hall–Kier alpha value is -2.40. The first-order valence-electron chi connectivity index (χ1n) is 8.97. The molecule has 0 bridgehead atoms. The van der Waals surface area contributed by atoms with Crippen molar-refractivity contribution in [2.45, 2.75) is 39.2 Å². The van der Waals surface area contributed by atoms with Gasteiger partial charge >= 0.3 is 0 Å². The van der Waals surface area contributed by atoms with Gasteiger partial charge < -0.3 is 15.0 Å². The molecule has 1 aromatic carbocycles. The molecule has 3 rings (SSSR count). The molecule has 0 amide bonds. The molecule has 0 saturated carbocycles. The Morgan fingerprint density at radius 1 is 1.12 bits per heavy atom. The van der Waals surface area contributed by atoms with Gasteiger partial charge in [-0.1, -0.05) is 18.2 Å². The number of aryl methyl sites for hydroxylation is 3. The number of aromatic nitrogens is 3.